The van der Waals surface area contributed by atoms with Gasteiger partial charge in [0.1, 0.15) is 28.9 Å². The molecule has 2 bridgehead atoms. The Hall–Kier alpha value is -4.01. The Balaban J connectivity index is 1.32. The second-order valence-electron chi connectivity index (χ2n) is 11.5. The summed E-state index contributed by atoms with van der Waals surface area (Å²) < 4.78 is 45.8. The normalized spacial score (nSPS) is 27.1. The minimum atomic E-state index is -0.932. The van der Waals surface area contributed by atoms with Gasteiger partial charge in [-0.05, 0) is 55.3 Å². The molecule has 8 rings (SSSR count). The van der Waals surface area contributed by atoms with E-state index in [0.717, 1.165) is 32.4 Å². The quantitative estimate of drug-likeness (QED) is 0.361. The monoisotopic (exact) mass is 557 g/mol. The van der Waals surface area contributed by atoms with Gasteiger partial charge in [-0.3, -0.25) is 4.90 Å². The second-order valence-corrected chi connectivity index (χ2v) is 11.5. The van der Waals surface area contributed by atoms with Crippen molar-refractivity contribution in [1.82, 2.24) is 30.4 Å². The average molecular weight is 558 g/mol. The van der Waals surface area contributed by atoms with E-state index in [0.29, 0.717) is 36.8 Å². The lowest BCUT2D eigenvalue weighted by Crippen LogP contribution is -2.44. The summed E-state index contributed by atoms with van der Waals surface area (Å²) in [5.41, 5.74) is -0.605. The third-order valence-electron chi connectivity index (χ3n) is 9.03. The van der Waals surface area contributed by atoms with Crippen molar-refractivity contribution in [3.63, 3.8) is 0 Å². The number of aromatic hydroxyl groups is 1. The fourth-order valence-corrected chi connectivity index (χ4v) is 7.21. The van der Waals surface area contributed by atoms with Crippen LogP contribution in [0.3, 0.4) is 0 Å². The molecule has 0 aliphatic carbocycles. The second kappa shape index (κ2) is 8.99. The molecule has 0 saturated carbocycles. The first-order valence-electron chi connectivity index (χ1n) is 14.0. The number of rotatable bonds is 2. The minimum Gasteiger partial charge on any atom is -0.508 e. The van der Waals surface area contributed by atoms with E-state index in [-0.39, 0.29) is 45.3 Å². The number of alkyl halides is 1. The Kier molecular flexibility index (Phi) is 5.43. The first-order chi connectivity index (χ1) is 19.9. The summed E-state index contributed by atoms with van der Waals surface area (Å²) in [6, 6.07) is 7.58. The topological polar surface area (TPSA) is 90.3 Å². The predicted octanol–water partition coefficient (Wildman–Crippen LogP) is 3.70. The lowest BCUT2D eigenvalue weighted by molar-refractivity contribution is 0.255. The van der Waals surface area contributed by atoms with E-state index in [1.165, 1.54) is 24.3 Å². The van der Waals surface area contributed by atoms with Gasteiger partial charge >= 0.3 is 0 Å². The number of piperazine rings is 1. The molecule has 4 saturated heterocycles. The zero-order valence-electron chi connectivity index (χ0n) is 22.0. The number of nitrogens with one attached hydrogen (secondary N) is 1. The van der Waals surface area contributed by atoms with E-state index in [2.05, 4.69) is 42.1 Å². The average Bonchev–Trinajstić information content (AvgIpc) is 3.73. The highest BCUT2D eigenvalue weighted by atomic mass is 19.1. The van der Waals surface area contributed by atoms with E-state index in [1.807, 2.05) is 0 Å². The Bertz CT molecular complexity index is 1810. The van der Waals surface area contributed by atoms with Crippen LogP contribution in [0.4, 0.5) is 19.0 Å². The van der Waals surface area contributed by atoms with Crippen LogP contribution < -0.4 is 10.2 Å². The summed E-state index contributed by atoms with van der Waals surface area (Å²) >= 11 is 0. The fourth-order valence-electron chi connectivity index (χ4n) is 7.21. The summed E-state index contributed by atoms with van der Waals surface area (Å²) in [6.45, 7) is 2.61. The number of nitrogens with zero attached hydrogens (tertiary/aromatic N) is 6. The number of aromatic nitrogens is 4. The number of hydrogen-bond acceptors (Lipinski definition) is 8. The molecule has 0 amide bonds. The smallest absolute Gasteiger partial charge is 0.207 e. The lowest BCUT2D eigenvalue weighted by Gasteiger charge is -2.29. The molecule has 4 aromatic rings. The fraction of sp³-hybridized carbons (Fsp3) is 0.400. The maximum Gasteiger partial charge on any atom is 0.207 e. The van der Waals surface area contributed by atoms with Crippen molar-refractivity contribution < 1.29 is 18.3 Å². The van der Waals surface area contributed by atoms with Crippen LogP contribution in [0.5, 0.6) is 5.75 Å². The van der Waals surface area contributed by atoms with Gasteiger partial charge in [0.05, 0.1) is 5.54 Å². The predicted molar refractivity (Wildman–Crippen MR) is 147 cm³/mol. The molecule has 8 nitrogen and oxygen atoms in total. The molecule has 4 fully saturated rings. The summed E-state index contributed by atoms with van der Waals surface area (Å²) in [4.78, 5) is 13.4. The highest BCUT2D eigenvalue weighted by Gasteiger charge is 2.48. The van der Waals surface area contributed by atoms with Gasteiger partial charge in [0.25, 0.3) is 0 Å². The minimum absolute atomic E-state index is 0.0719. The Morgan fingerprint density at radius 1 is 1.10 bits per heavy atom. The molecule has 4 aliphatic rings. The zero-order valence-corrected chi connectivity index (χ0v) is 22.0. The molecule has 2 N–H and O–H groups in total. The van der Waals surface area contributed by atoms with Gasteiger partial charge in [-0.15, -0.1) is 10.2 Å². The van der Waals surface area contributed by atoms with Gasteiger partial charge in [-0.1, -0.05) is 18.1 Å². The molecule has 208 valence electrons. The standard InChI is InChI=1S/C30H26F3N7O/c31-17-12-30(6-2-8-39(30)14-17)7-5-23-35-27-25(33)26(21-11-20(41)9-16-3-1-4-22(32)24(16)21)37-38-28(27)29(36-23)40-15-18-10-19(40)13-34-18/h1,3-4,9,11,17-19,34,41H,2,6,8,10,12-15H2/t17-,18-,19-,30-/m1/s1. The van der Waals surface area contributed by atoms with Crippen molar-refractivity contribution in [2.45, 2.75) is 49.5 Å². The van der Waals surface area contributed by atoms with Crippen molar-refractivity contribution in [3.8, 4) is 28.8 Å². The molecule has 2 aromatic carbocycles. The van der Waals surface area contributed by atoms with Crippen LogP contribution in [0.2, 0.25) is 0 Å². The van der Waals surface area contributed by atoms with Gasteiger partial charge in [0, 0.05) is 49.1 Å². The Morgan fingerprint density at radius 3 is 2.83 bits per heavy atom. The number of halogens is 3. The first kappa shape index (κ1) is 24.8. The van der Waals surface area contributed by atoms with Crippen molar-refractivity contribution in [2.24, 2.45) is 0 Å². The van der Waals surface area contributed by atoms with Crippen LogP contribution >= 0.6 is 0 Å². The highest BCUT2D eigenvalue weighted by Crippen LogP contribution is 2.40. The SMILES string of the molecule is Oc1cc(-c2nnc3c(N4C[C@H]5C[C@@H]4CN5)nc(C#C[C@@]45CCCN4C[C@H](F)C5)nc3c2F)c2c(F)cccc2c1. The number of hydrogen-bond donors (Lipinski definition) is 2. The molecule has 0 spiro atoms. The summed E-state index contributed by atoms with van der Waals surface area (Å²) in [6.07, 6.45) is 2.05. The third-order valence-corrected chi connectivity index (χ3v) is 9.03. The van der Waals surface area contributed by atoms with Gasteiger partial charge in [-0.25, -0.2) is 23.1 Å². The van der Waals surface area contributed by atoms with Crippen molar-refractivity contribution >= 4 is 27.6 Å². The molecule has 0 unspecified atom stereocenters. The summed E-state index contributed by atoms with van der Waals surface area (Å²) in [7, 11) is 0. The van der Waals surface area contributed by atoms with Crippen LogP contribution in [0, 0.1) is 23.5 Å². The van der Waals surface area contributed by atoms with E-state index in [4.69, 9.17) is 4.98 Å². The van der Waals surface area contributed by atoms with Crippen LogP contribution in [0.25, 0.3) is 33.1 Å². The summed E-state index contributed by atoms with van der Waals surface area (Å²) in [5.74, 6) is 5.38. The molecule has 2 aromatic heterocycles. The number of anilines is 1. The van der Waals surface area contributed by atoms with E-state index in [9.17, 15) is 13.9 Å². The van der Waals surface area contributed by atoms with E-state index >= 15 is 4.39 Å². The number of benzene rings is 2. The molecule has 41 heavy (non-hydrogen) atoms. The largest absolute Gasteiger partial charge is 0.508 e. The van der Waals surface area contributed by atoms with Crippen molar-refractivity contribution in [2.75, 3.05) is 31.1 Å². The maximum absolute atomic E-state index is 16.5. The lowest BCUT2D eigenvalue weighted by atomic mass is 9.94. The van der Waals surface area contributed by atoms with Crippen LogP contribution in [-0.4, -0.2) is 80.1 Å². The van der Waals surface area contributed by atoms with E-state index < -0.39 is 23.3 Å². The number of phenols is 1. The Morgan fingerprint density at radius 2 is 2.00 bits per heavy atom. The molecule has 4 aliphatic heterocycles. The number of phenolic OH excluding ortho intramolecular Hbond substituents is 1. The molecular weight excluding hydrogens is 531 g/mol. The van der Waals surface area contributed by atoms with Gasteiger partial charge < -0.3 is 15.3 Å². The molecule has 11 heteroatoms. The molecular formula is C30H26F3N7O. The first-order valence-corrected chi connectivity index (χ1v) is 14.0. The highest BCUT2D eigenvalue weighted by molar-refractivity contribution is 5.99. The van der Waals surface area contributed by atoms with Crippen LogP contribution in [0.1, 0.15) is 31.5 Å². The molecule has 4 atom stereocenters. The van der Waals surface area contributed by atoms with Gasteiger partial charge in [0.2, 0.25) is 5.82 Å². The van der Waals surface area contributed by atoms with Crippen molar-refractivity contribution in [3.05, 3.63) is 47.8 Å². The number of fused-ring (bicyclic) bond motifs is 5. The molecule has 0 radical (unpaired) electrons. The van der Waals surface area contributed by atoms with Gasteiger partial charge in [-0.2, -0.15) is 0 Å². The maximum atomic E-state index is 16.5. The third kappa shape index (κ3) is 3.85. The van der Waals surface area contributed by atoms with Crippen LogP contribution in [-0.2, 0) is 0 Å². The molecule has 6 heterocycles. The zero-order chi connectivity index (χ0) is 27.9. The van der Waals surface area contributed by atoms with E-state index in [1.54, 1.807) is 6.07 Å². The van der Waals surface area contributed by atoms with Crippen LogP contribution in [0.15, 0.2) is 30.3 Å². The summed E-state index contributed by atoms with van der Waals surface area (Å²) in [5, 5.41) is 22.9. The Labute approximate surface area is 233 Å². The van der Waals surface area contributed by atoms with Gasteiger partial charge in [0.15, 0.2) is 17.2 Å². The van der Waals surface area contributed by atoms with Crippen molar-refractivity contribution in [1.29, 1.82) is 0 Å².